The Hall–Kier alpha value is -3.36. The molecule has 1 aromatic carbocycles. The minimum absolute atomic E-state index is 0.0289. The molecule has 1 saturated heterocycles. The normalized spacial score (nSPS) is 14.5. The van der Waals surface area contributed by atoms with Gasteiger partial charge in [-0.05, 0) is 31.9 Å². The van der Waals surface area contributed by atoms with E-state index < -0.39 is 4.92 Å². The first kappa shape index (κ1) is 19.4. The molecule has 28 heavy (non-hydrogen) atoms. The predicted octanol–water partition coefficient (Wildman–Crippen LogP) is 2.30. The van der Waals surface area contributed by atoms with Gasteiger partial charge in [-0.15, -0.1) is 0 Å². The lowest BCUT2D eigenvalue weighted by molar-refractivity contribution is -0.384. The van der Waals surface area contributed by atoms with Crippen molar-refractivity contribution in [2.75, 3.05) is 19.7 Å². The van der Waals surface area contributed by atoms with E-state index in [0.29, 0.717) is 31.7 Å². The number of hydrogen-bond acceptors (Lipinski definition) is 6. The Bertz CT molecular complexity index is 870. The number of ether oxygens (including phenoxy) is 1. The number of nitro groups is 1. The van der Waals surface area contributed by atoms with Crippen LogP contribution in [-0.4, -0.2) is 47.4 Å². The van der Waals surface area contributed by atoms with Crippen LogP contribution in [0.3, 0.4) is 0 Å². The van der Waals surface area contributed by atoms with Crippen LogP contribution in [-0.2, 0) is 4.79 Å². The topological polar surface area (TPSA) is 115 Å². The third kappa shape index (κ3) is 4.67. The predicted molar refractivity (Wildman–Crippen MR) is 99.1 cm³/mol. The summed E-state index contributed by atoms with van der Waals surface area (Å²) in [4.78, 5) is 36.4. The highest BCUT2D eigenvalue weighted by Gasteiger charge is 2.25. The zero-order chi connectivity index (χ0) is 20.1. The van der Waals surface area contributed by atoms with Crippen molar-refractivity contribution >= 4 is 17.5 Å². The number of amides is 2. The molecular weight excluding hydrogens is 366 g/mol. The second-order valence-corrected chi connectivity index (χ2v) is 6.60. The minimum Gasteiger partial charge on any atom is -0.484 e. The summed E-state index contributed by atoms with van der Waals surface area (Å²) in [5.41, 5.74) is 0.691. The van der Waals surface area contributed by atoms with Gasteiger partial charge in [-0.25, -0.2) is 0 Å². The molecule has 9 heteroatoms. The molecule has 0 spiro atoms. The number of nitro benzene ring substituents is 1. The van der Waals surface area contributed by atoms with Crippen molar-refractivity contribution in [3.63, 3.8) is 0 Å². The van der Waals surface area contributed by atoms with Gasteiger partial charge in [0.25, 0.3) is 17.5 Å². The maximum Gasteiger partial charge on any atom is 0.287 e. The molecule has 0 saturated carbocycles. The van der Waals surface area contributed by atoms with Gasteiger partial charge < -0.3 is 19.4 Å². The smallest absolute Gasteiger partial charge is 0.287 e. The molecule has 1 aliphatic rings. The minimum atomic E-state index is -0.516. The molecular formula is C19H21N3O6. The molecule has 1 N–H and O–H groups in total. The van der Waals surface area contributed by atoms with Crippen LogP contribution in [0.25, 0.3) is 0 Å². The van der Waals surface area contributed by atoms with Gasteiger partial charge in [-0.3, -0.25) is 19.7 Å². The van der Waals surface area contributed by atoms with Gasteiger partial charge in [0.05, 0.1) is 17.3 Å². The van der Waals surface area contributed by atoms with Crippen molar-refractivity contribution < 1.29 is 23.7 Å². The number of likely N-dealkylation sites (tertiary alicyclic amines) is 1. The van der Waals surface area contributed by atoms with Crippen molar-refractivity contribution in [3.05, 3.63) is 58.0 Å². The van der Waals surface area contributed by atoms with Crippen LogP contribution in [0.4, 0.5) is 5.69 Å². The summed E-state index contributed by atoms with van der Waals surface area (Å²) < 4.78 is 10.6. The van der Waals surface area contributed by atoms with E-state index in [4.69, 9.17) is 9.15 Å². The van der Waals surface area contributed by atoms with E-state index in [0.717, 1.165) is 5.56 Å². The average molecular weight is 387 g/mol. The summed E-state index contributed by atoms with van der Waals surface area (Å²) in [5, 5.41) is 13.7. The van der Waals surface area contributed by atoms with Crippen molar-refractivity contribution in [2.24, 2.45) is 0 Å². The van der Waals surface area contributed by atoms with Gasteiger partial charge in [0.1, 0.15) is 5.75 Å². The number of hydrogen-bond donors (Lipinski definition) is 1. The largest absolute Gasteiger partial charge is 0.484 e. The standard InChI is InChI=1S/C19H21N3O6/c1-13-7-10-27-18(13)19(24)20-14-5-8-21(9-6-14)17(23)12-28-16-4-2-3-15(11-16)22(25)26/h2-4,7,10-11,14H,5-6,8-9,12H2,1H3,(H,20,24). The number of piperidine rings is 1. The summed E-state index contributed by atoms with van der Waals surface area (Å²) in [6.07, 6.45) is 2.74. The third-order valence-corrected chi connectivity index (χ3v) is 4.64. The summed E-state index contributed by atoms with van der Waals surface area (Å²) in [7, 11) is 0. The summed E-state index contributed by atoms with van der Waals surface area (Å²) >= 11 is 0. The molecule has 1 fully saturated rings. The lowest BCUT2D eigenvalue weighted by Crippen LogP contribution is -2.47. The lowest BCUT2D eigenvalue weighted by atomic mass is 10.0. The molecule has 0 unspecified atom stereocenters. The van der Waals surface area contributed by atoms with Gasteiger partial charge in [-0.2, -0.15) is 0 Å². The lowest BCUT2D eigenvalue weighted by Gasteiger charge is -2.32. The highest BCUT2D eigenvalue weighted by Crippen LogP contribution is 2.19. The summed E-state index contributed by atoms with van der Waals surface area (Å²) in [6.45, 7) is 2.61. The van der Waals surface area contributed by atoms with Crippen molar-refractivity contribution in [1.82, 2.24) is 10.2 Å². The second-order valence-electron chi connectivity index (χ2n) is 6.60. The van der Waals surface area contributed by atoms with Crippen LogP contribution in [0, 0.1) is 17.0 Å². The van der Waals surface area contributed by atoms with Crippen LogP contribution < -0.4 is 10.1 Å². The zero-order valence-electron chi connectivity index (χ0n) is 15.4. The van der Waals surface area contributed by atoms with Crippen molar-refractivity contribution in [3.8, 4) is 5.75 Å². The maximum atomic E-state index is 12.3. The van der Waals surface area contributed by atoms with E-state index in [2.05, 4.69) is 5.32 Å². The van der Waals surface area contributed by atoms with Crippen LogP contribution in [0.5, 0.6) is 5.75 Å². The monoisotopic (exact) mass is 387 g/mol. The number of nitrogens with one attached hydrogen (secondary N) is 1. The van der Waals surface area contributed by atoms with Crippen LogP contribution in [0.15, 0.2) is 41.0 Å². The molecule has 2 amide bonds. The van der Waals surface area contributed by atoms with E-state index in [9.17, 15) is 19.7 Å². The fourth-order valence-corrected chi connectivity index (χ4v) is 3.05. The Morgan fingerprint density at radius 2 is 2.07 bits per heavy atom. The molecule has 2 heterocycles. The molecule has 3 rings (SSSR count). The number of carbonyl (C=O) groups is 2. The summed E-state index contributed by atoms with van der Waals surface area (Å²) in [5.74, 6) is 0.141. The number of aryl methyl sites for hydroxylation is 1. The third-order valence-electron chi connectivity index (χ3n) is 4.64. The van der Waals surface area contributed by atoms with Gasteiger partial charge in [0.2, 0.25) is 0 Å². The number of nitrogens with zero attached hydrogens (tertiary/aromatic N) is 2. The van der Waals surface area contributed by atoms with Crippen LogP contribution >= 0.6 is 0 Å². The van der Waals surface area contributed by atoms with Crippen molar-refractivity contribution in [1.29, 1.82) is 0 Å². The van der Waals surface area contributed by atoms with Gasteiger partial charge in [0, 0.05) is 30.8 Å². The molecule has 0 bridgehead atoms. The SMILES string of the molecule is Cc1ccoc1C(=O)NC1CCN(C(=O)COc2cccc([N+](=O)[O-])c2)CC1. The van der Waals surface area contributed by atoms with Gasteiger partial charge in [0.15, 0.2) is 12.4 Å². The first-order valence-electron chi connectivity index (χ1n) is 8.94. The number of rotatable bonds is 6. The molecule has 1 aliphatic heterocycles. The van der Waals surface area contributed by atoms with Gasteiger partial charge >= 0.3 is 0 Å². The molecule has 9 nitrogen and oxygen atoms in total. The van der Waals surface area contributed by atoms with E-state index in [1.54, 1.807) is 24.0 Å². The van der Waals surface area contributed by atoms with E-state index in [1.807, 2.05) is 0 Å². The fourth-order valence-electron chi connectivity index (χ4n) is 3.05. The van der Waals surface area contributed by atoms with Crippen molar-refractivity contribution in [2.45, 2.75) is 25.8 Å². The first-order chi connectivity index (χ1) is 13.4. The molecule has 1 aromatic heterocycles. The Morgan fingerprint density at radius 3 is 2.71 bits per heavy atom. The Labute approximate surface area is 161 Å². The zero-order valence-corrected chi connectivity index (χ0v) is 15.4. The van der Waals surface area contributed by atoms with Crippen LogP contribution in [0.1, 0.15) is 29.0 Å². The number of benzene rings is 1. The Morgan fingerprint density at radius 1 is 1.32 bits per heavy atom. The quantitative estimate of drug-likeness (QED) is 0.601. The molecule has 148 valence electrons. The van der Waals surface area contributed by atoms with Gasteiger partial charge in [-0.1, -0.05) is 6.07 Å². The fraction of sp³-hybridized carbons (Fsp3) is 0.368. The second kappa shape index (κ2) is 8.55. The number of furan rings is 1. The molecule has 0 radical (unpaired) electrons. The Kier molecular flexibility index (Phi) is 5.93. The van der Waals surface area contributed by atoms with Crippen LogP contribution in [0.2, 0.25) is 0 Å². The first-order valence-corrected chi connectivity index (χ1v) is 8.94. The van der Waals surface area contributed by atoms with E-state index >= 15 is 0 Å². The number of carbonyl (C=O) groups excluding carboxylic acids is 2. The molecule has 0 aliphatic carbocycles. The summed E-state index contributed by atoms with van der Waals surface area (Å²) in [6, 6.07) is 7.42. The maximum absolute atomic E-state index is 12.3. The highest BCUT2D eigenvalue weighted by molar-refractivity contribution is 5.93. The number of non-ortho nitro benzene ring substituents is 1. The highest BCUT2D eigenvalue weighted by atomic mass is 16.6. The molecule has 0 atom stereocenters. The van der Waals surface area contributed by atoms with E-state index in [1.165, 1.54) is 24.5 Å². The average Bonchev–Trinajstić information content (AvgIpc) is 3.13. The van der Waals surface area contributed by atoms with E-state index in [-0.39, 0.29) is 35.9 Å². The Balaban J connectivity index is 1.45. The molecule has 2 aromatic rings.